The lowest BCUT2D eigenvalue weighted by Crippen LogP contribution is -2.53. The van der Waals surface area contributed by atoms with Crippen molar-refractivity contribution in [2.75, 3.05) is 37.3 Å². The zero-order valence-electron chi connectivity index (χ0n) is 14.8. The zero-order valence-corrected chi connectivity index (χ0v) is 15.6. The maximum atomic E-state index is 11.9. The van der Waals surface area contributed by atoms with Crippen molar-refractivity contribution in [1.29, 1.82) is 0 Å². The van der Waals surface area contributed by atoms with Gasteiger partial charge in [0.1, 0.15) is 12.1 Å². The molecule has 1 aliphatic heterocycles. The van der Waals surface area contributed by atoms with Gasteiger partial charge in [-0.3, -0.25) is 4.90 Å². The summed E-state index contributed by atoms with van der Waals surface area (Å²) >= 11 is 0. The summed E-state index contributed by atoms with van der Waals surface area (Å²) in [7, 11) is -3.28. The Balaban J connectivity index is 1.94. The molecule has 0 radical (unpaired) electrons. The van der Waals surface area contributed by atoms with E-state index in [0.29, 0.717) is 6.54 Å². The Bertz CT molecular complexity index is 869. The average molecular weight is 364 g/mol. The largest absolute Gasteiger partial charge is 0.392 e. The maximum Gasteiger partial charge on any atom is 0.175 e. The average Bonchev–Trinajstić information content (AvgIpc) is 2.54. The normalized spacial score (nSPS) is 20.8. The third kappa shape index (κ3) is 3.91. The Hall–Kier alpha value is -1.77. The summed E-state index contributed by atoms with van der Waals surface area (Å²) in [5, 5.41) is 10.4. The first kappa shape index (κ1) is 18.0. The number of aromatic nitrogens is 2. The minimum Gasteiger partial charge on any atom is -0.392 e. The highest BCUT2D eigenvalue weighted by Crippen LogP contribution is 2.27. The van der Waals surface area contributed by atoms with Crippen LogP contribution in [0.4, 0.5) is 5.82 Å². The molecule has 0 spiro atoms. The van der Waals surface area contributed by atoms with Gasteiger partial charge in [0.2, 0.25) is 0 Å². The number of hydrogen-bond donors (Lipinski definition) is 1. The summed E-state index contributed by atoms with van der Waals surface area (Å²) < 4.78 is 23.8. The van der Waals surface area contributed by atoms with Crippen molar-refractivity contribution in [2.24, 2.45) is 0 Å². The summed E-state index contributed by atoms with van der Waals surface area (Å²) in [4.78, 5) is 13.4. The van der Waals surface area contributed by atoms with E-state index < -0.39 is 9.84 Å². The minimum atomic E-state index is -3.28. The number of anilines is 1. The number of sulfone groups is 1. The Morgan fingerprint density at radius 2 is 2.08 bits per heavy atom. The zero-order chi connectivity index (χ0) is 18.2. The van der Waals surface area contributed by atoms with Crippen LogP contribution in [0.2, 0.25) is 0 Å². The molecule has 3 rings (SSSR count). The maximum absolute atomic E-state index is 11.9. The number of aliphatic hydroxyl groups excluding tert-OH is 1. The summed E-state index contributed by atoms with van der Waals surface area (Å²) in [5.74, 6) is 0.763. The molecule has 1 aromatic heterocycles. The Labute approximate surface area is 148 Å². The molecule has 0 amide bonds. The van der Waals surface area contributed by atoms with Crippen LogP contribution in [-0.4, -0.2) is 73.0 Å². The van der Waals surface area contributed by atoms with Gasteiger partial charge in [-0.05, 0) is 32.0 Å². The number of β-amino-alcohol motifs (C(OH)–C–C–N with tert-alkyl or cyclic N) is 1. The molecule has 2 aromatic rings. The Morgan fingerprint density at radius 1 is 1.32 bits per heavy atom. The molecule has 1 saturated heterocycles. The highest BCUT2D eigenvalue weighted by molar-refractivity contribution is 7.90. The smallest absolute Gasteiger partial charge is 0.175 e. The topological polar surface area (TPSA) is 86.6 Å². The monoisotopic (exact) mass is 364 g/mol. The van der Waals surface area contributed by atoms with Crippen molar-refractivity contribution in [3.8, 4) is 0 Å². The molecule has 1 aliphatic rings. The van der Waals surface area contributed by atoms with E-state index in [2.05, 4.69) is 26.7 Å². The number of aliphatic hydroxyl groups is 1. The Kier molecular flexibility index (Phi) is 4.95. The molecule has 1 fully saturated rings. The number of hydrogen-bond acceptors (Lipinski definition) is 7. The van der Waals surface area contributed by atoms with Crippen molar-refractivity contribution >= 4 is 26.6 Å². The fourth-order valence-electron chi connectivity index (χ4n) is 3.30. The van der Waals surface area contributed by atoms with E-state index in [4.69, 9.17) is 0 Å². The molecule has 7 nitrogen and oxygen atoms in total. The molecule has 0 aliphatic carbocycles. The van der Waals surface area contributed by atoms with Gasteiger partial charge >= 0.3 is 0 Å². The summed E-state index contributed by atoms with van der Waals surface area (Å²) in [5.41, 5.74) is 0.733. The van der Waals surface area contributed by atoms with Crippen LogP contribution < -0.4 is 4.90 Å². The molecule has 25 heavy (non-hydrogen) atoms. The van der Waals surface area contributed by atoms with Gasteiger partial charge in [0.05, 0.1) is 16.5 Å². The summed E-state index contributed by atoms with van der Waals surface area (Å²) in [6.45, 7) is 6.93. The molecule has 1 N–H and O–H groups in total. The van der Waals surface area contributed by atoms with Gasteiger partial charge in [0, 0.05) is 43.9 Å². The lowest BCUT2D eigenvalue weighted by molar-refractivity contribution is 0.0959. The molecule has 0 saturated carbocycles. The standard InChI is InChI=1S/C17H24N4O3S/c1-12-9-21(7-6-20(12)10-13(2)22)17-15-8-14(25(3,23)24)4-5-16(15)18-11-19-17/h4-5,8,11-13,22H,6-7,9-10H2,1-3H3. The van der Waals surface area contributed by atoms with Crippen molar-refractivity contribution in [2.45, 2.75) is 30.9 Å². The van der Waals surface area contributed by atoms with Gasteiger partial charge in [0.15, 0.2) is 9.84 Å². The van der Waals surface area contributed by atoms with E-state index in [-0.39, 0.29) is 17.0 Å². The molecule has 2 heterocycles. The molecule has 8 heteroatoms. The second-order valence-electron chi connectivity index (χ2n) is 6.79. The van der Waals surface area contributed by atoms with Crippen LogP contribution in [0.1, 0.15) is 13.8 Å². The second-order valence-corrected chi connectivity index (χ2v) is 8.80. The van der Waals surface area contributed by atoms with Gasteiger partial charge in [-0.2, -0.15) is 0 Å². The highest BCUT2D eigenvalue weighted by atomic mass is 32.2. The lowest BCUT2D eigenvalue weighted by atomic mass is 10.1. The predicted molar refractivity (Wildman–Crippen MR) is 97.6 cm³/mol. The molecule has 2 atom stereocenters. The molecule has 2 unspecified atom stereocenters. The third-order valence-corrected chi connectivity index (χ3v) is 5.69. The van der Waals surface area contributed by atoms with E-state index in [0.717, 1.165) is 36.4 Å². The van der Waals surface area contributed by atoms with E-state index in [1.54, 1.807) is 25.1 Å². The van der Waals surface area contributed by atoms with Crippen LogP contribution in [0.15, 0.2) is 29.4 Å². The third-order valence-electron chi connectivity index (χ3n) is 4.58. The van der Waals surface area contributed by atoms with Crippen molar-refractivity contribution in [3.05, 3.63) is 24.5 Å². The van der Waals surface area contributed by atoms with Crippen molar-refractivity contribution in [3.63, 3.8) is 0 Å². The lowest BCUT2D eigenvalue weighted by Gasteiger charge is -2.41. The quantitative estimate of drug-likeness (QED) is 0.863. The predicted octanol–water partition coefficient (Wildman–Crippen LogP) is 0.925. The van der Waals surface area contributed by atoms with Crippen LogP contribution in [-0.2, 0) is 9.84 Å². The number of fused-ring (bicyclic) bond motifs is 1. The van der Waals surface area contributed by atoms with Crippen molar-refractivity contribution in [1.82, 2.24) is 14.9 Å². The van der Waals surface area contributed by atoms with E-state index in [1.807, 2.05) is 0 Å². The minimum absolute atomic E-state index is 0.270. The molecule has 0 bridgehead atoms. The van der Waals surface area contributed by atoms with Gasteiger partial charge in [-0.25, -0.2) is 18.4 Å². The van der Waals surface area contributed by atoms with Crippen molar-refractivity contribution < 1.29 is 13.5 Å². The van der Waals surface area contributed by atoms with Gasteiger partial charge < -0.3 is 10.0 Å². The van der Waals surface area contributed by atoms with E-state index >= 15 is 0 Å². The first-order valence-corrected chi connectivity index (χ1v) is 10.3. The highest BCUT2D eigenvalue weighted by Gasteiger charge is 2.26. The number of nitrogens with zero attached hydrogens (tertiary/aromatic N) is 4. The molecule has 1 aromatic carbocycles. The van der Waals surface area contributed by atoms with Crippen LogP contribution in [0.5, 0.6) is 0 Å². The Morgan fingerprint density at radius 3 is 2.72 bits per heavy atom. The first-order valence-electron chi connectivity index (χ1n) is 8.37. The van der Waals surface area contributed by atoms with Crippen LogP contribution >= 0.6 is 0 Å². The molecular weight excluding hydrogens is 340 g/mol. The van der Waals surface area contributed by atoms with E-state index in [9.17, 15) is 13.5 Å². The first-order chi connectivity index (χ1) is 11.8. The summed E-state index contributed by atoms with van der Waals surface area (Å²) in [6, 6.07) is 5.24. The number of rotatable bonds is 4. The van der Waals surface area contributed by atoms with Gasteiger partial charge in [-0.1, -0.05) is 0 Å². The van der Waals surface area contributed by atoms with E-state index in [1.165, 1.54) is 12.6 Å². The number of benzene rings is 1. The van der Waals surface area contributed by atoms with Gasteiger partial charge in [0.25, 0.3) is 0 Å². The van der Waals surface area contributed by atoms with Crippen LogP contribution in [0, 0.1) is 0 Å². The molecule has 136 valence electrons. The van der Waals surface area contributed by atoms with Crippen LogP contribution in [0.25, 0.3) is 10.9 Å². The number of piperazine rings is 1. The molecular formula is C17H24N4O3S. The van der Waals surface area contributed by atoms with Crippen LogP contribution in [0.3, 0.4) is 0 Å². The SMILES string of the molecule is CC(O)CN1CCN(c2ncnc3ccc(S(C)(=O)=O)cc23)CC1C. The fourth-order valence-corrected chi connectivity index (χ4v) is 3.95. The summed E-state index contributed by atoms with van der Waals surface area (Å²) in [6.07, 6.45) is 2.37. The fraction of sp³-hybridized carbons (Fsp3) is 0.529. The second kappa shape index (κ2) is 6.86. The van der Waals surface area contributed by atoms with Gasteiger partial charge in [-0.15, -0.1) is 0 Å².